The molecular weight excluding hydrogens is 436 g/mol. The van der Waals surface area contributed by atoms with E-state index >= 15 is 0 Å². The second-order valence-electron chi connectivity index (χ2n) is 7.94. The average molecular weight is 458 g/mol. The molecule has 1 unspecified atom stereocenters. The minimum atomic E-state index is -0.860. The molecule has 0 radical (unpaired) electrons. The van der Waals surface area contributed by atoms with E-state index < -0.39 is 23.7 Å². The topological polar surface area (TPSA) is 123 Å². The number of hydroxylamine groups is 1. The van der Waals surface area contributed by atoms with Gasteiger partial charge in [0, 0.05) is 34.6 Å². The highest BCUT2D eigenvalue weighted by Gasteiger charge is 2.37. The van der Waals surface area contributed by atoms with E-state index in [1.165, 1.54) is 12.1 Å². The summed E-state index contributed by atoms with van der Waals surface area (Å²) in [6.07, 6.45) is 2.56. The van der Waals surface area contributed by atoms with Crippen LogP contribution < -0.4 is 10.8 Å². The van der Waals surface area contributed by atoms with E-state index in [0.29, 0.717) is 11.3 Å². The molecule has 0 saturated carbocycles. The first kappa shape index (κ1) is 23.1. The van der Waals surface area contributed by atoms with E-state index in [2.05, 4.69) is 27.1 Å². The van der Waals surface area contributed by atoms with Gasteiger partial charge in [-0.1, -0.05) is 24.0 Å². The van der Waals surface area contributed by atoms with Crippen LogP contribution >= 0.6 is 0 Å². The number of pyridine rings is 2. The number of hydrogen-bond acceptors (Lipinski definition) is 7. The Morgan fingerprint density at radius 2 is 1.88 bits per heavy atom. The molecule has 0 aliphatic carbocycles. The van der Waals surface area contributed by atoms with E-state index in [1.807, 2.05) is 24.3 Å². The molecule has 2 aromatic heterocycles. The minimum absolute atomic E-state index is 0.101. The highest BCUT2D eigenvalue weighted by molar-refractivity contribution is 5.98. The van der Waals surface area contributed by atoms with Crippen LogP contribution in [0.5, 0.6) is 0 Å². The van der Waals surface area contributed by atoms with Crippen molar-refractivity contribution in [3.05, 3.63) is 77.6 Å². The van der Waals surface area contributed by atoms with Crippen molar-refractivity contribution in [2.45, 2.75) is 25.7 Å². The first-order valence-corrected chi connectivity index (χ1v) is 10.4. The summed E-state index contributed by atoms with van der Waals surface area (Å²) in [6, 6.07) is 13.8. The number of carbonyl (C=O) groups excluding carboxylic acids is 2. The lowest BCUT2D eigenvalue weighted by Gasteiger charge is -2.17. The highest BCUT2D eigenvalue weighted by atomic mass is 16.7. The molecule has 3 N–H and O–H groups in total. The van der Waals surface area contributed by atoms with Crippen molar-refractivity contribution in [3.63, 3.8) is 0 Å². The molecule has 1 aliphatic rings. The lowest BCUT2D eigenvalue weighted by molar-refractivity contribution is -0.150. The summed E-state index contributed by atoms with van der Waals surface area (Å²) in [5.41, 5.74) is 4.42. The summed E-state index contributed by atoms with van der Waals surface area (Å²) in [4.78, 5) is 33.2. The third kappa shape index (κ3) is 5.63. The molecule has 3 heterocycles. The van der Waals surface area contributed by atoms with Crippen LogP contribution in [0.2, 0.25) is 0 Å². The van der Waals surface area contributed by atoms with Crippen LogP contribution in [-0.4, -0.2) is 45.5 Å². The Morgan fingerprint density at radius 1 is 1.12 bits per heavy atom. The molecule has 1 saturated heterocycles. The SMILES string of the molecule is CC1(C)OCC(C(=O)Nc2cc(C(=O)NO)cc(-c3ccc(C#Cc4cccnc4)cc3)n2)O1. The molecule has 1 aliphatic heterocycles. The molecule has 9 nitrogen and oxygen atoms in total. The van der Waals surface area contributed by atoms with Crippen molar-refractivity contribution in [3.8, 4) is 23.1 Å². The monoisotopic (exact) mass is 458 g/mol. The summed E-state index contributed by atoms with van der Waals surface area (Å²) in [5.74, 6) is 4.19. The summed E-state index contributed by atoms with van der Waals surface area (Å²) in [7, 11) is 0. The third-order valence-corrected chi connectivity index (χ3v) is 4.93. The predicted molar refractivity (Wildman–Crippen MR) is 123 cm³/mol. The van der Waals surface area contributed by atoms with Gasteiger partial charge in [-0.2, -0.15) is 0 Å². The van der Waals surface area contributed by atoms with Crippen LogP contribution in [-0.2, 0) is 14.3 Å². The van der Waals surface area contributed by atoms with E-state index in [4.69, 9.17) is 14.7 Å². The Morgan fingerprint density at radius 3 is 2.53 bits per heavy atom. The fourth-order valence-corrected chi connectivity index (χ4v) is 3.27. The second-order valence-corrected chi connectivity index (χ2v) is 7.94. The third-order valence-electron chi connectivity index (χ3n) is 4.93. The zero-order valence-corrected chi connectivity index (χ0v) is 18.5. The lowest BCUT2D eigenvalue weighted by atomic mass is 10.1. The Bertz CT molecular complexity index is 1260. The molecule has 2 amide bonds. The number of nitrogens with one attached hydrogen (secondary N) is 2. The summed E-state index contributed by atoms with van der Waals surface area (Å²) < 4.78 is 11.0. The van der Waals surface area contributed by atoms with Gasteiger partial charge in [-0.25, -0.2) is 10.5 Å². The maximum absolute atomic E-state index is 12.6. The van der Waals surface area contributed by atoms with Gasteiger partial charge in [-0.15, -0.1) is 0 Å². The Balaban J connectivity index is 1.58. The number of anilines is 1. The minimum Gasteiger partial charge on any atom is -0.347 e. The fourth-order valence-electron chi connectivity index (χ4n) is 3.27. The van der Waals surface area contributed by atoms with E-state index in [-0.39, 0.29) is 18.0 Å². The second kappa shape index (κ2) is 9.80. The Kier molecular flexibility index (Phi) is 6.65. The van der Waals surface area contributed by atoms with E-state index in [1.54, 1.807) is 43.9 Å². The normalized spacial score (nSPS) is 16.3. The van der Waals surface area contributed by atoms with Crippen LogP contribution in [0.4, 0.5) is 5.82 Å². The smallest absolute Gasteiger partial charge is 0.274 e. The van der Waals surface area contributed by atoms with Crippen LogP contribution in [0.3, 0.4) is 0 Å². The first-order valence-electron chi connectivity index (χ1n) is 10.4. The molecule has 0 bridgehead atoms. The quantitative estimate of drug-likeness (QED) is 0.312. The number of amides is 2. The summed E-state index contributed by atoms with van der Waals surface area (Å²) in [5, 5.41) is 11.7. The van der Waals surface area contributed by atoms with Gasteiger partial charge in [0.25, 0.3) is 11.8 Å². The van der Waals surface area contributed by atoms with Crippen LogP contribution in [0.25, 0.3) is 11.3 Å². The molecule has 1 aromatic carbocycles. The number of nitrogens with zero attached hydrogens (tertiary/aromatic N) is 2. The maximum Gasteiger partial charge on any atom is 0.274 e. The summed E-state index contributed by atoms with van der Waals surface area (Å²) in [6.45, 7) is 3.53. The first-order chi connectivity index (χ1) is 16.3. The molecule has 3 aromatic rings. The molecule has 1 atom stereocenters. The van der Waals surface area contributed by atoms with Gasteiger partial charge in [0.2, 0.25) is 0 Å². The number of aromatic nitrogens is 2. The van der Waals surface area contributed by atoms with Gasteiger partial charge in [0.05, 0.1) is 12.3 Å². The number of carbonyl (C=O) groups is 2. The Labute approximate surface area is 196 Å². The van der Waals surface area contributed by atoms with Gasteiger partial charge < -0.3 is 14.8 Å². The number of benzene rings is 1. The molecule has 1 fully saturated rings. The number of rotatable bonds is 4. The van der Waals surface area contributed by atoms with Crippen LogP contribution in [0.15, 0.2) is 60.9 Å². The van der Waals surface area contributed by atoms with E-state index in [0.717, 1.165) is 11.1 Å². The van der Waals surface area contributed by atoms with Crippen molar-refractivity contribution in [2.24, 2.45) is 0 Å². The van der Waals surface area contributed by atoms with Crippen molar-refractivity contribution in [1.82, 2.24) is 15.4 Å². The van der Waals surface area contributed by atoms with Gasteiger partial charge >= 0.3 is 0 Å². The van der Waals surface area contributed by atoms with Gasteiger partial charge in [0.15, 0.2) is 11.9 Å². The molecular formula is C25H22N4O5. The molecule has 4 rings (SSSR count). The molecule has 172 valence electrons. The standard InChI is InChI=1S/C25H22N4O5/c1-25(2)33-15-21(34-25)24(31)28-22-13-19(23(30)29-32)12-20(27-22)18-9-7-16(8-10-18)5-6-17-4-3-11-26-14-17/h3-4,7-14,21,32H,15H2,1-2H3,(H,29,30)(H,27,28,31). The maximum atomic E-state index is 12.6. The average Bonchev–Trinajstić information content (AvgIpc) is 3.22. The number of ether oxygens (including phenoxy) is 2. The Hall–Kier alpha value is -4.10. The molecule has 9 heteroatoms. The van der Waals surface area contributed by atoms with Crippen molar-refractivity contribution in [2.75, 3.05) is 11.9 Å². The lowest BCUT2D eigenvalue weighted by Crippen LogP contribution is -2.32. The molecule has 34 heavy (non-hydrogen) atoms. The zero-order chi connectivity index (χ0) is 24.1. The number of hydrogen-bond donors (Lipinski definition) is 3. The van der Waals surface area contributed by atoms with Crippen LogP contribution in [0, 0.1) is 11.8 Å². The van der Waals surface area contributed by atoms with Gasteiger partial charge in [-0.3, -0.25) is 19.8 Å². The summed E-state index contributed by atoms with van der Waals surface area (Å²) >= 11 is 0. The van der Waals surface area contributed by atoms with Gasteiger partial charge in [0.1, 0.15) is 5.82 Å². The van der Waals surface area contributed by atoms with E-state index in [9.17, 15) is 9.59 Å². The zero-order valence-electron chi connectivity index (χ0n) is 18.5. The highest BCUT2D eigenvalue weighted by Crippen LogP contribution is 2.25. The fraction of sp³-hybridized carbons (Fsp3) is 0.200. The van der Waals surface area contributed by atoms with Crippen molar-refractivity contribution >= 4 is 17.6 Å². The van der Waals surface area contributed by atoms with Gasteiger partial charge in [-0.05, 0) is 50.2 Å². The van der Waals surface area contributed by atoms with Crippen LogP contribution in [0.1, 0.15) is 35.3 Å². The largest absolute Gasteiger partial charge is 0.347 e. The van der Waals surface area contributed by atoms with Crippen molar-refractivity contribution < 1.29 is 24.3 Å². The predicted octanol–water partition coefficient (Wildman–Crippen LogP) is 2.75. The van der Waals surface area contributed by atoms with Crippen molar-refractivity contribution in [1.29, 1.82) is 0 Å². The molecule has 0 spiro atoms.